The quantitative estimate of drug-likeness (QED) is 0.531. The molecule has 0 aliphatic carbocycles. The predicted octanol–water partition coefficient (Wildman–Crippen LogP) is 3.44. The van der Waals surface area contributed by atoms with Gasteiger partial charge in [0.2, 0.25) is 0 Å². The molecule has 29 heavy (non-hydrogen) atoms. The Labute approximate surface area is 169 Å². The zero-order valence-electron chi connectivity index (χ0n) is 16.5. The molecule has 2 aromatic carbocycles. The third-order valence-corrected chi connectivity index (χ3v) is 4.22. The Bertz CT molecular complexity index is 966. The van der Waals surface area contributed by atoms with Gasteiger partial charge in [-0.1, -0.05) is 24.3 Å². The van der Waals surface area contributed by atoms with E-state index in [0.29, 0.717) is 35.1 Å². The smallest absolute Gasteiger partial charge is 0.343 e. The summed E-state index contributed by atoms with van der Waals surface area (Å²) in [7, 11) is 1.30. The summed E-state index contributed by atoms with van der Waals surface area (Å²) in [5.74, 6) is 0.222. The number of rotatable bonds is 7. The van der Waals surface area contributed by atoms with Gasteiger partial charge in [-0.3, -0.25) is 4.79 Å². The molecule has 0 saturated heterocycles. The maximum absolute atomic E-state index is 12.8. The summed E-state index contributed by atoms with van der Waals surface area (Å²) in [6.07, 6.45) is 1.76. The summed E-state index contributed by atoms with van der Waals surface area (Å²) in [6, 6.07) is 14.5. The fourth-order valence-electron chi connectivity index (χ4n) is 2.79. The van der Waals surface area contributed by atoms with Crippen molar-refractivity contribution in [1.82, 2.24) is 0 Å². The number of benzene rings is 2. The minimum Gasteiger partial charge on any atom is -0.490 e. The van der Waals surface area contributed by atoms with Crippen LogP contribution in [0.5, 0.6) is 11.5 Å². The molecule has 1 aliphatic heterocycles. The van der Waals surface area contributed by atoms with Gasteiger partial charge in [-0.05, 0) is 49.8 Å². The molecule has 0 fully saturated rings. The van der Waals surface area contributed by atoms with Crippen LogP contribution in [0.4, 0.5) is 5.69 Å². The number of anilines is 1. The molecule has 7 nitrogen and oxygen atoms in total. The number of nitrogens with zero attached hydrogens (tertiary/aromatic N) is 2. The fraction of sp³-hybridized carbons (Fsp3) is 0.227. The summed E-state index contributed by atoms with van der Waals surface area (Å²) < 4.78 is 15.7. The monoisotopic (exact) mass is 394 g/mol. The first-order valence-electron chi connectivity index (χ1n) is 9.16. The molecule has 0 saturated carbocycles. The van der Waals surface area contributed by atoms with Gasteiger partial charge in [0.15, 0.2) is 18.1 Å². The van der Waals surface area contributed by atoms with E-state index in [1.807, 2.05) is 37.3 Å². The van der Waals surface area contributed by atoms with E-state index in [9.17, 15) is 9.59 Å². The first-order valence-corrected chi connectivity index (χ1v) is 9.16. The summed E-state index contributed by atoms with van der Waals surface area (Å²) in [4.78, 5) is 24.2. The number of para-hydroxylation sites is 1. The van der Waals surface area contributed by atoms with Gasteiger partial charge in [-0.25, -0.2) is 4.79 Å². The lowest BCUT2D eigenvalue weighted by atomic mass is 10.1. The van der Waals surface area contributed by atoms with Crippen molar-refractivity contribution in [2.45, 2.75) is 13.8 Å². The van der Waals surface area contributed by atoms with Gasteiger partial charge in [0.05, 0.1) is 30.7 Å². The van der Waals surface area contributed by atoms with Crippen molar-refractivity contribution in [2.24, 2.45) is 5.10 Å². The van der Waals surface area contributed by atoms with Crippen molar-refractivity contribution in [1.29, 1.82) is 0 Å². The average molecular weight is 394 g/mol. The third-order valence-electron chi connectivity index (χ3n) is 4.22. The van der Waals surface area contributed by atoms with Crippen LogP contribution in [0.2, 0.25) is 0 Å². The molecule has 2 aromatic rings. The Hall–Kier alpha value is -3.61. The van der Waals surface area contributed by atoms with Crippen LogP contribution in [0.15, 0.2) is 59.2 Å². The van der Waals surface area contributed by atoms with E-state index in [2.05, 4.69) is 9.84 Å². The normalized spacial score (nSPS) is 14.7. The molecule has 1 amide bonds. The second kappa shape index (κ2) is 9.05. The average Bonchev–Trinajstić information content (AvgIpc) is 3.02. The molecular weight excluding hydrogens is 372 g/mol. The molecule has 0 spiro atoms. The van der Waals surface area contributed by atoms with Gasteiger partial charge >= 0.3 is 5.97 Å². The molecule has 3 rings (SSSR count). The van der Waals surface area contributed by atoms with Gasteiger partial charge in [-0.2, -0.15) is 10.1 Å². The molecule has 0 aromatic heterocycles. The predicted molar refractivity (Wildman–Crippen MR) is 110 cm³/mol. The van der Waals surface area contributed by atoms with Gasteiger partial charge in [-0.15, -0.1) is 0 Å². The van der Waals surface area contributed by atoms with E-state index >= 15 is 0 Å². The van der Waals surface area contributed by atoms with E-state index in [0.717, 1.165) is 5.56 Å². The second-order valence-corrected chi connectivity index (χ2v) is 6.20. The van der Waals surface area contributed by atoms with Crippen molar-refractivity contribution in [3.63, 3.8) is 0 Å². The Morgan fingerprint density at radius 3 is 2.55 bits per heavy atom. The van der Waals surface area contributed by atoms with Crippen LogP contribution in [0.25, 0.3) is 6.08 Å². The van der Waals surface area contributed by atoms with E-state index in [-0.39, 0.29) is 12.5 Å². The van der Waals surface area contributed by atoms with Crippen LogP contribution in [-0.4, -0.2) is 37.9 Å². The van der Waals surface area contributed by atoms with E-state index in [4.69, 9.17) is 9.47 Å². The summed E-state index contributed by atoms with van der Waals surface area (Å²) >= 11 is 0. The highest BCUT2D eigenvalue weighted by atomic mass is 16.6. The number of methoxy groups -OCH3 is 1. The van der Waals surface area contributed by atoms with Crippen molar-refractivity contribution in [2.75, 3.05) is 25.3 Å². The van der Waals surface area contributed by atoms with E-state index < -0.39 is 5.97 Å². The highest BCUT2D eigenvalue weighted by Gasteiger charge is 2.28. The van der Waals surface area contributed by atoms with Crippen LogP contribution in [0, 0.1) is 0 Å². The Morgan fingerprint density at radius 1 is 1.10 bits per heavy atom. The maximum atomic E-state index is 12.8. The van der Waals surface area contributed by atoms with Crippen LogP contribution < -0.4 is 14.5 Å². The molecular formula is C22H22N2O5. The molecule has 0 bridgehead atoms. The van der Waals surface area contributed by atoms with Crippen LogP contribution in [-0.2, 0) is 14.3 Å². The summed E-state index contributed by atoms with van der Waals surface area (Å²) in [6.45, 7) is 3.86. The highest BCUT2D eigenvalue weighted by molar-refractivity contribution is 6.32. The van der Waals surface area contributed by atoms with Crippen molar-refractivity contribution in [3.05, 3.63) is 59.7 Å². The minimum absolute atomic E-state index is 0.197. The number of amides is 1. The molecule has 150 valence electrons. The van der Waals surface area contributed by atoms with Gasteiger partial charge in [0, 0.05) is 0 Å². The summed E-state index contributed by atoms with van der Waals surface area (Å²) in [5, 5.41) is 5.76. The molecule has 7 heteroatoms. The Kier molecular flexibility index (Phi) is 6.29. The first kappa shape index (κ1) is 20.1. The van der Waals surface area contributed by atoms with Crippen molar-refractivity contribution < 1.29 is 23.8 Å². The lowest BCUT2D eigenvalue weighted by Crippen LogP contribution is -2.21. The number of hydrogen-bond donors (Lipinski definition) is 0. The topological polar surface area (TPSA) is 77.4 Å². The van der Waals surface area contributed by atoms with Crippen LogP contribution >= 0.6 is 0 Å². The molecule has 0 N–H and O–H groups in total. The minimum atomic E-state index is -0.483. The van der Waals surface area contributed by atoms with Crippen molar-refractivity contribution in [3.8, 4) is 11.5 Å². The molecule has 0 radical (unpaired) electrons. The van der Waals surface area contributed by atoms with Crippen LogP contribution in [0.3, 0.4) is 0 Å². The Morgan fingerprint density at radius 2 is 1.86 bits per heavy atom. The standard InChI is InChI=1S/C22H22N2O5/c1-4-28-20-13-16(10-11-19(20)29-14-21(25)27-3)12-18-15(2)23-24(22(18)26)17-8-6-5-7-9-17/h5-13H,4,14H2,1-3H3/b18-12+. The van der Waals surface area contributed by atoms with Gasteiger partial charge in [0.1, 0.15) is 0 Å². The fourth-order valence-corrected chi connectivity index (χ4v) is 2.79. The third kappa shape index (κ3) is 4.63. The number of carbonyl (C=O) groups excluding carboxylic acids is 2. The number of carbonyl (C=O) groups is 2. The maximum Gasteiger partial charge on any atom is 0.343 e. The number of ether oxygens (including phenoxy) is 3. The van der Waals surface area contributed by atoms with Crippen molar-refractivity contribution >= 4 is 29.4 Å². The van der Waals surface area contributed by atoms with Crippen LogP contribution in [0.1, 0.15) is 19.4 Å². The molecule has 1 aliphatic rings. The lowest BCUT2D eigenvalue weighted by molar-refractivity contribution is -0.142. The first-order chi connectivity index (χ1) is 14.0. The zero-order valence-corrected chi connectivity index (χ0v) is 16.5. The zero-order chi connectivity index (χ0) is 20.8. The van der Waals surface area contributed by atoms with Gasteiger partial charge < -0.3 is 14.2 Å². The highest BCUT2D eigenvalue weighted by Crippen LogP contribution is 2.31. The second-order valence-electron chi connectivity index (χ2n) is 6.20. The Balaban J connectivity index is 1.86. The van der Waals surface area contributed by atoms with E-state index in [1.54, 1.807) is 31.2 Å². The number of esters is 1. The number of hydrazone groups is 1. The van der Waals surface area contributed by atoms with Gasteiger partial charge in [0.25, 0.3) is 5.91 Å². The molecule has 0 atom stereocenters. The largest absolute Gasteiger partial charge is 0.490 e. The SMILES string of the molecule is CCOc1cc(/C=C2/C(=O)N(c3ccccc3)N=C2C)ccc1OCC(=O)OC. The van der Waals surface area contributed by atoms with E-state index in [1.165, 1.54) is 12.1 Å². The number of hydrogen-bond acceptors (Lipinski definition) is 6. The summed E-state index contributed by atoms with van der Waals surface area (Å²) in [5.41, 5.74) is 2.59. The lowest BCUT2D eigenvalue weighted by Gasteiger charge is -2.12. The molecule has 1 heterocycles. The molecule has 0 unspecified atom stereocenters.